The molecule has 0 heterocycles. The number of methoxy groups -OCH3 is 1. The molecule has 0 aliphatic carbocycles. The lowest BCUT2D eigenvalue weighted by Crippen LogP contribution is -2.43. The molecule has 0 saturated heterocycles. The van der Waals surface area contributed by atoms with Crippen molar-refractivity contribution in [2.24, 2.45) is 0 Å². The number of ether oxygens (including phenoxy) is 2. The molecule has 13 heavy (non-hydrogen) atoms. The molecular weight excluding hydrogens is 176 g/mol. The lowest BCUT2D eigenvalue weighted by Gasteiger charge is -2.32. The van der Waals surface area contributed by atoms with Gasteiger partial charge in [-0.1, -0.05) is 6.92 Å². The maximum absolute atomic E-state index is 9.00. The summed E-state index contributed by atoms with van der Waals surface area (Å²) < 4.78 is 10.2. The first-order valence-corrected chi connectivity index (χ1v) is 4.23. The lowest BCUT2D eigenvalue weighted by molar-refractivity contribution is -0.272. The molecule has 0 rings (SSSR count). The molecule has 0 spiro atoms. The Morgan fingerprint density at radius 1 is 1.23 bits per heavy atom. The highest BCUT2D eigenvalue weighted by Gasteiger charge is 2.30. The van der Waals surface area contributed by atoms with E-state index in [1.54, 1.807) is 6.92 Å². The summed E-state index contributed by atoms with van der Waals surface area (Å²) in [6.07, 6.45) is -0.275. The van der Waals surface area contributed by atoms with E-state index in [0.29, 0.717) is 6.42 Å². The Kier molecular flexibility index (Phi) is 6.19. The summed E-state index contributed by atoms with van der Waals surface area (Å²) in [5, 5.41) is 26.5. The molecule has 0 amide bonds. The van der Waals surface area contributed by atoms with E-state index in [1.807, 2.05) is 0 Å². The third-order valence-electron chi connectivity index (χ3n) is 1.94. The Morgan fingerprint density at radius 2 is 1.77 bits per heavy atom. The van der Waals surface area contributed by atoms with Gasteiger partial charge >= 0.3 is 0 Å². The van der Waals surface area contributed by atoms with Crippen LogP contribution in [0.4, 0.5) is 0 Å². The highest BCUT2D eigenvalue weighted by molar-refractivity contribution is 4.69. The van der Waals surface area contributed by atoms with Gasteiger partial charge in [0.25, 0.3) is 0 Å². The molecule has 3 N–H and O–H groups in total. The fourth-order valence-corrected chi connectivity index (χ4v) is 0.925. The van der Waals surface area contributed by atoms with Crippen LogP contribution in [0.2, 0.25) is 0 Å². The van der Waals surface area contributed by atoms with Crippen LogP contribution in [0.3, 0.4) is 0 Å². The van der Waals surface area contributed by atoms with Crippen LogP contribution < -0.4 is 0 Å². The average Bonchev–Trinajstić information content (AvgIpc) is 2.21. The van der Waals surface area contributed by atoms with Crippen LogP contribution in [0.25, 0.3) is 0 Å². The highest BCUT2D eigenvalue weighted by atomic mass is 16.7. The molecule has 0 aromatic heterocycles. The second-order valence-electron chi connectivity index (χ2n) is 2.73. The summed E-state index contributed by atoms with van der Waals surface area (Å²) in [7, 11) is 1.41. The van der Waals surface area contributed by atoms with Crippen LogP contribution in [-0.2, 0) is 9.47 Å². The number of rotatable bonds is 7. The van der Waals surface area contributed by atoms with E-state index in [1.165, 1.54) is 7.11 Å². The summed E-state index contributed by atoms with van der Waals surface area (Å²) >= 11 is 0. The standard InChI is InChI=1S/C8H18O5/c1-3-8(6-11,12-2)13-7(4-9)5-10/h7,9-11H,3-6H2,1-2H3. The van der Waals surface area contributed by atoms with Crippen molar-refractivity contribution in [1.29, 1.82) is 0 Å². The van der Waals surface area contributed by atoms with Crippen LogP contribution in [0.5, 0.6) is 0 Å². The molecule has 0 radical (unpaired) electrons. The predicted octanol–water partition coefficient (Wildman–Crippen LogP) is -0.899. The van der Waals surface area contributed by atoms with Crippen molar-refractivity contribution in [2.45, 2.75) is 25.2 Å². The van der Waals surface area contributed by atoms with Crippen molar-refractivity contribution in [1.82, 2.24) is 0 Å². The van der Waals surface area contributed by atoms with Crippen LogP contribution in [0.1, 0.15) is 13.3 Å². The monoisotopic (exact) mass is 194 g/mol. The summed E-state index contributed by atoms with van der Waals surface area (Å²) in [5.74, 6) is -1.11. The quantitative estimate of drug-likeness (QED) is 0.458. The molecule has 0 aromatic carbocycles. The number of hydrogen-bond donors (Lipinski definition) is 3. The molecule has 0 aromatic rings. The van der Waals surface area contributed by atoms with Gasteiger partial charge in [-0.3, -0.25) is 0 Å². The summed E-state index contributed by atoms with van der Waals surface area (Å²) in [6.45, 7) is 0.866. The molecule has 5 nitrogen and oxygen atoms in total. The van der Waals surface area contributed by atoms with E-state index < -0.39 is 11.9 Å². The van der Waals surface area contributed by atoms with Gasteiger partial charge in [-0.05, 0) is 0 Å². The molecule has 0 aliphatic rings. The molecule has 5 heteroatoms. The number of aliphatic hydroxyl groups excluding tert-OH is 3. The Morgan fingerprint density at radius 3 is 2.00 bits per heavy atom. The van der Waals surface area contributed by atoms with E-state index in [2.05, 4.69) is 0 Å². The fraction of sp³-hybridized carbons (Fsp3) is 1.00. The van der Waals surface area contributed by atoms with Crippen molar-refractivity contribution in [3.05, 3.63) is 0 Å². The van der Waals surface area contributed by atoms with Gasteiger partial charge in [0.2, 0.25) is 0 Å². The second kappa shape index (κ2) is 6.28. The molecule has 1 atom stereocenters. The van der Waals surface area contributed by atoms with E-state index >= 15 is 0 Å². The molecule has 0 fully saturated rings. The van der Waals surface area contributed by atoms with E-state index in [0.717, 1.165) is 0 Å². The largest absolute Gasteiger partial charge is 0.394 e. The predicted molar refractivity (Wildman–Crippen MR) is 46.2 cm³/mol. The molecular formula is C8H18O5. The Hall–Kier alpha value is -0.200. The Labute approximate surface area is 77.9 Å². The minimum Gasteiger partial charge on any atom is -0.394 e. The van der Waals surface area contributed by atoms with Gasteiger partial charge in [-0.25, -0.2) is 0 Å². The third-order valence-corrected chi connectivity index (χ3v) is 1.94. The SMILES string of the molecule is CCC(CO)(OC)OC(CO)CO. The Bertz CT molecular complexity index is 111. The summed E-state index contributed by atoms with van der Waals surface area (Å²) in [4.78, 5) is 0. The van der Waals surface area contributed by atoms with Crippen molar-refractivity contribution in [3.8, 4) is 0 Å². The zero-order chi connectivity index (χ0) is 10.3. The van der Waals surface area contributed by atoms with Gasteiger partial charge < -0.3 is 24.8 Å². The number of aliphatic hydroxyl groups is 3. The average molecular weight is 194 g/mol. The maximum atomic E-state index is 9.00. The van der Waals surface area contributed by atoms with Crippen LogP contribution in [-0.4, -0.2) is 54.1 Å². The molecule has 0 saturated carbocycles. The summed E-state index contributed by atoms with van der Waals surface area (Å²) in [6, 6.07) is 0. The zero-order valence-electron chi connectivity index (χ0n) is 8.06. The van der Waals surface area contributed by atoms with Crippen molar-refractivity contribution in [2.75, 3.05) is 26.9 Å². The van der Waals surface area contributed by atoms with Gasteiger partial charge in [-0.15, -0.1) is 0 Å². The molecule has 0 bridgehead atoms. The minimum absolute atomic E-state index is 0.304. The molecule has 0 aliphatic heterocycles. The first-order valence-electron chi connectivity index (χ1n) is 4.23. The fourth-order valence-electron chi connectivity index (χ4n) is 0.925. The van der Waals surface area contributed by atoms with E-state index in [-0.39, 0.29) is 19.8 Å². The van der Waals surface area contributed by atoms with Crippen LogP contribution in [0.15, 0.2) is 0 Å². The van der Waals surface area contributed by atoms with Crippen molar-refractivity contribution >= 4 is 0 Å². The second-order valence-corrected chi connectivity index (χ2v) is 2.73. The first kappa shape index (κ1) is 12.8. The van der Waals surface area contributed by atoms with Gasteiger partial charge in [0.05, 0.1) is 19.8 Å². The lowest BCUT2D eigenvalue weighted by atomic mass is 10.2. The molecule has 1 unspecified atom stereocenters. The van der Waals surface area contributed by atoms with E-state index in [4.69, 9.17) is 24.8 Å². The Balaban J connectivity index is 4.21. The highest BCUT2D eigenvalue weighted by Crippen LogP contribution is 2.18. The normalized spacial score (nSPS) is 16.2. The zero-order valence-corrected chi connectivity index (χ0v) is 8.06. The van der Waals surface area contributed by atoms with E-state index in [9.17, 15) is 0 Å². The summed E-state index contributed by atoms with van der Waals surface area (Å²) in [5.41, 5.74) is 0. The van der Waals surface area contributed by atoms with Crippen molar-refractivity contribution < 1.29 is 24.8 Å². The van der Waals surface area contributed by atoms with Crippen molar-refractivity contribution in [3.63, 3.8) is 0 Å². The maximum Gasteiger partial charge on any atom is 0.191 e. The first-order chi connectivity index (χ1) is 6.17. The smallest absolute Gasteiger partial charge is 0.191 e. The number of hydrogen-bond acceptors (Lipinski definition) is 5. The third kappa shape index (κ3) is 3.58. The molecule has 80 valence electrons. The van der Waals surface area contributed by atoms with Crippen LogP contribution >= 0.6 is 0 Å². The minimum atomic E-state index is -1.11. The van der Waals surface area contributed by atoms with Gasteiger partial charge in [0, 0.05) is 13.5 Å². The van der Waals surface area contributed by atoms with Gasteiger partial charge in [0.15, 0.2) is 5.79 Å². The topological polar surface area (TPSA) is 79.2 Å². The van der Waals surface area contributed by atoms with Crippen LogP contribution in [0, 0.1) is 0 Å². The van der Waals surface area contributed by atoms with Gasteiger partial charge in [-0.2, -0.15) is 0 Å². The van der Waals surface area contributed by atoms with Gasteiger partial charge in [0.1, 0.15) is 6.10 Å².